The molecule has 3 fully saturated rings. The number of nitrogens with one attached hydrogen (secondary N) is 3. The number of aromatic nitrogens is 1. The summed E-state index contributed by atoms with van der Waals surface area (Å²) in [6, 6.07) is 3.17. The highest BCUT2D eigenvalue weighted by molar-refractivity contribution is 7.91. The fraction of sp³-hybridized carbons (Fsp3) is 0.634. The quantitative estimate of drug-likeness (QED) is 0.290. The lowest BCUT2D eigenvalue weighted by Gasteiger charge is -2.30. The smallest absolute Gasteiger partial charge is 0.408 e. The van der Waals surface area contributed by atoms with Crippen LogP contribution in [0.3, 0.4) is 0 Å². The normalized spacial score (nSPS) is 26.3. The zero-order valence-electron chi connectivity index (χ0n) is 34.2. The molecule has 3 heterocycles. The third-order valence-corrected chi connectivity index (χ3v) is 13.3. The molecule has 6 rings (SSSR count). The Morgan fingerprint density at radius 1 is 1.09 bits per heavy atom. The van der Waals surface area contributed by atoms with Crippen molar-refractivity contribution in [2.45, 2.75) is 146 Å². The second-order valence-electron chi connectivity index (χ2n) is 17.3. The van der Waals surface area contributed by atoms with Crippen LogP contribution < -0.4 is 29.6 Å². The van der Waals surface area contributed by atoms with Crippen molar-refractivity contribution in [3.05, 3.63) is 35.9 Å². The van der Waals surface area contributed by atoms with E-state index < -0.39 is 73.8 Å². The molecule has 57 heavy (non-hydrogen) atoms. The number of carbonyl (C=O) groups is 4. The molecule has 3 N–H and O–H groups in total. The highest BCUT2D eigenvalue weighted by Gasteiger charge is 2.63. The molecule has 5 unspecified atom stereocenters. The van der Waals surface area contributed by atoms with Gasteiger partial charge in [0.2, 0.25) is 27.7 Å². The Morgan fingerprint density at radius 2 is 1.82 bits per heavy atom. The molecule has 0 bridgehead atoms. The van der Waals surface area contributed by atoms with Crippen LogP contribution in [0.15, 0.2) is 30.4 Å². The Labute approximate surface area is 335 Å². The van der Waals surface area contributed by atoms with Gasteiger partial charge in [0.25, 0.3) is 5.91 Å². The highest BCUT2D eigenvalue weighted by Crippen LogP contribution is 2.47. The zero-order valence-corrected chi connectivity index (χ0v) is 35.0. The van der Waals surface area contributed by atoms with Gasteiger partial charge in [-0.1, -0.05) is 25.0 Å². The average molecular weight is 812 g/mol. The summed E-state index contributed by atoms with van der Waals surface area (Å²) in [7, 11) is -2.43. The molecule has 16 heteroatoms. The number of amides is 4. The largest absolute Gasteiger partial charge is 0.496 e. The number of nitrogens with zero attached hydrogens (tertiary/aromatic N) is 2. The first-order valence-corrected chi connectivity index (χ1v) is 21.4. The Morgan fingerprint density at radius 3 is 2.49 bits per heavy atom. The molecule has 2 saturated carbocycles. The van der Waals surface area contributed by atoms with Crippen molar-refractivity contribution in [1.82, 2.24) is 25.2 Å². The number of rotatable bonds is 9. The molecule has 1 saturated heterocycles. The maximum atomic E-state index is 14.6. The van der Waals surface area contributed by atoms with E-state index in [-0.39, 0.29) is 25.5 Å². The van der Waals surface area contributed by atoms with Gasteiger partial charge in [-0.3, -0.25) is 19.1 Å². The molecule has 0 spiro atoms. The number of fused-ring (bicyclic) bond motifs is 3. The summed E-state index contributed by atoms with van der Waals surface area (Å²) in [5.41, 5.74) is -0.980. The van der Waals surface area contributed by atoms with Crippen LogP contribution in [0.4, 0.5) is 4.79 Å². The van der Waals surface area contributed by atoms with Crippen molar-refractivity contribution in [3.63, 3.8) is 0 Å². The molecule has 312 valence electrons. The fourth-order valence-corrected chi connectivity index (χ4v) is 8.87. The van der Waals surface area contributed by atoms with Crippen LogP contribution in [0, 0.1) is 12.8 Å². The van der Waals surface area contributed by atoms with E-state index in [0.717, 1.165) is 18.4 Å². The van der Waals surface area contributed by atoms with Crippen LogP contribution in [-0.2, 0) is 29.1 Å². The number of ether oxygens (including phenoxy) is 4. The maximum absolute atomic E-state index is 14.6. The van der Waals surface area contributed by atoms with E-state index in [1.165, 1.54) is 4.90 Å². The highest BCUT2D eigenvalue weighted by atomic mass is 32.2. The van der Waals surface area contributed by atoms with Crippen LogP contribution in [0.25, 0.3) is 10.9 Å². The van der Waals surface area contributed by atoms with Gasteiger partial charge in [0.05, 0.1) is 30.0 Å². The molecule has 2 aromatic rings. The molecule has 1 aromatic carbocycles. The molecule has 0 radical (unpaired) electrons. The van der Waals surface area contributed by atoms with Crippen molar-refractivity contribution < 1.29 is 46.5 Å². The third-order valence-electron chi connectivity index (χ3n) is 11.2. The van der Waals surface area contributed by atoms with E-state index in [4.69, 9.17) is 23.9 Å². The number of benzene rings is 1. The molecular formula is C41H57N5O10S. The van der Waals surface area contributed by atoms with E-state index in [1.54, 1.807) is 40.9 Å². The van der Waals surface area contributed by atoms with Crippen molar-refractivity contribution in [2.24, 2.45) is 5.92 Å². The summed E-state index contributed by atoms with van der Waals surface area (Å²) in [5.74, 6) is -1.01. The monoisotopic (exact) mass is 811 g/mol. The fourth-order valence-electron chi connectivity index (χ4n) is 7.55. The lowest BCUT2D eigenvalue weighted by atomic mass is 10.0. The molecule has 4 aliphatic rings. The van der Waals surface area contributed by atoms with Crippen molar-refractivity contribution in [1.29, 1.82) is 0 Å². The number of alkyl carbamates (subject to hydrolysis) is 1. The summed E-state index contributed by atoms with van der Waals surface area (Å²) in [4.78, 5) is 62.3. The van der Waals surface area contributed by atoms with Crippen LogP contribution in [0.1, 0.15) is 105 Å². The van der Waals surface area contributed by atoms with Crippen molar-refractivity contribution in [2.75, 3.05) is 13.7 Å². The number of carbonyl (C=O) groups excluding carboxylic acids is 4. The number of hydrogen-bond donors (Lipinski definition) is 3. The Kier molecular flexibility index (Phi) is 11.8. The first kappa shape index (κ1) is 42.0. The number of methoxy groups -OCH3 is 1. The van der Waals surface area contributed by atoms with Gasteiger partial charge in [0, 0.05) is 29.4 Å². The number of hydrogen-bond acceptors (Lipinski definition) is 11. The van der Waals surface area contributed by atoms with E-state index >= 15 is 0 Å². The third kappa shape index (κ3) is 9.26. The summed E-state index contributed by atoms with van der Waals surface area (Å²) in [5, 5.41) is 6.33. The number of allylic oxidation sites excluding steroid dienone is 1. The van der Waals surface area contributed by atoms with Crippen molar-refractivity contribution in [3.8, 4) is 17.4 Å². The predicted molar refractivity (Wildman–Crippen MR) is 212 cm³/mol. The lowest BCUT2D eigenvalue weighted by molar-refractivity contribution is -0.141. The lowest BCUT2D eigenvalue weighted by Crippen LogP contribution is -2.58. The Bertz CT molecular complexity index is 2040. The standard InChI is InChI=1S/C41H57N5O10S/c1-24(2)54-33-21-32(28-16-17-31(53-8)25(3)34(28)43-33)55-27-20-30-35(47)44-41(37(49)45-57(51,52)40(7)18-19-40)22-26(41)14-12-10-9-11-13-15-29(36(48)46(30)23-27)42-38(50)56-39(4,5)6/h12,14,16-17,21,24,26-27,29-30H,9-11,13,15,18-20,22-23H2,1-8H3,(H,42,50)(H,44,47)(H,45,49). The average Bonchev–Trinajstić information content (AvgIpc) is 3.99. The first-order chi connectivity index (χ1) is 26.8. The zero-order chi connectivity index (χ0) is 41.5. The van der Waals surface area contributed by atoms with Crippen LogP contribution in [0.2, 0.25) is 0 Å². The van der Waals surface area contributed by atoms with Gasteiger partial charge >= 0.3 is 6.09 Å². The van der Waals surface area contributed by atoms with Crippen LogP contribution in [0.5, 0.6) is 17.4 Å². The molecule has 5 atom stereocenters. The molecule has 15 nitrogen and oxygen atoms in total. The van der Waals surface area contributed by atoms with Gasteiger partial charge in [0.1, 0.15) is 40.8 Å². The maximum Gasteiger partial charge on any atom is 0.408 e. The van der Waals surface area contributed by atoms with Gasteiger partial charge in [-0.2, -0.15) is 0 Å². The van der Waals surface area contributed by atoms with Gasteiger partial charge < -0.3 is 34.5 Å². The minimum Gasteiger partial charge on any atom is -0.496 e. The van der Waals surface area contributed by atoms with E-state index in [1.807, 2.05) is 45.1 Å². The summed E-state index contributed by atoms with van der Waals surface area (Å²) < 4.78 is 51.4. The molecule has 2 aliphatic carbocycles. The summed E-state index contributed by atoms with van der Waals surface area (Å²) >= 11 is 0. The second-order valence-corrected chi connectivity index (χ2v) is 19.5. The van der Waals surface area contributed by atoms with Crippen LogP contribution in [-0.4, -0.2) is 95.9 Å². The molecular weight excluding hydrogens is 755 g/mol. The summed E-state index contributed by atoms with van der Waals surface area (Å²) in [6.45, 7) is 12.4. The van der Waals surface area contributed by atoms with E-state index in [0.29, 0.717) is 60.4 Å². The van der Waals surface area contributed by atoms with Crippen LogP contribution >= 0.6 is 0 Å². The van der Waals surface area contributed by atoms with Gasteiger partial charge in [-0.05, 0) is 99.1 Å². The predicted octanol–water partition coefficient (Wildman–Crippen LogP) is 4.97. The Hall–Kier alpha value is -4.60. The Balaban J connectivity index is 1.35. The summed E-state index contributed by atoms with van der Waals surface area (Å²) in [6.07, 6.45) is 6.37. The van der Waals surface area contributed by atoms with Gasteiger partial charge in [0.15, 0.2) is 0 Å². The molecule has 2 aliphatic heterocycles. The minimum absolute atomic E-state index is 0.0298. The molecule has 1 aromatic heterocycles. The van der Waals surface area contributed by atoms with Gasteiger partial charge in [-0.15, -0.1) is 0 Å². The second kappa shape index (κ2) is 16.0. The SMILES string of the molecule is COc1ccc2c(OC3CC4C(=O)NC5(C(=O)NS(=O)(=O)C6(C)CC6)CC5C=CCCCCCC(NC(=O)OC(C)(C)C)C(=O)N4C3)cc(OC(C)C)nc2c1C. The first-order valence-electron chi connectivity index (χ1n) is 19.9. The van der Waals surface area contributed by atoms with E-state index in [9.17, 15) is 27.6 Å². The minimum atomic E-state index is -4.00. The van der Waals surface area contributed by atoms with Gasteiger partial charge in [-0.25, -0.2) is 18.2 Å². The number of aryl methyl sites for hydroxylation is 1. The number of pyridine rings is 1. The molecule has 4 amide bonds. The topological polar surface area (TPSA) is 192 Å². The number of sulfonamides is 1. The van der Waals surface area contributed by atoms with Crippen molar-refractivity contribution >= 4 is 44.7 Å². The van der Waals surface area contributed by atoms with E-state index in [2.05, 4.69) is 15.4 Å².